The summed E-state index contributed by atoms with van der Waals surface area (Å²) in [6.07, 6.45) is -0.0376. The number of amides is 1. The van der Waals surface area contributed by atoms with Gasteiger partial charge in [-0.25, -0.2) is 9.02 Å². The van der Waals surface area contributed by atoms with Crippen molar-refractivity contribution >= 4 is 11.7 Å². The van der Waals surface area contributed by atoms with E-state index < -0.39 is 17.8 Å². The Morgan fingerprint density at radius 2 is 1.93 bits per heavy atom. The molecular weight excluding hydrogens is 365 g/mol. The van der Waals surface area contributed by atoms with E-state index in [1.165, 1.54) is 19.1 Å². The maximum Gasteiger partial charge on any atom is 0.266 e. The summed E-state index contributed by atoms with van der Waals surface area (Å²) < 4.78 is 29.4. The van der Waals surface area contributed by atoms with Gasteiger partial charge in [-0.2, -0.15) is 0 Å². The molecule has 0 saturated heterocycles. The Hall–Kier alpha value is -3.42. The number of carbonyl (C=O) groups is 1. The van der Waals surface area contributed by atoms with Crippen LogP contribution in [0.5, 0.6) is 11.5 Å². The number of nitrogens with zero attached hydrogens (tertiary/aromatic N) is 2. The van der Waals surface area contributed by atoms with Gasteiger partial charge in [-0.1, -0.05) is 19.1 Å². The van der Waals surface area contributed by atoms with Gasteiger partial charge in [0.05, 0.1) is 6.61 Å². The molecule has 0 bridgehead atoms. The van der Waals surface area contributed by atoms with Gasteiger partial charge in [0.25, 0.3) is 5.91 Å². The van der Waals surface area contributed by atoms with Crippen LogP contribution in [0.4, 0.5) is 10.2 Å². The Morgan fingerprint density at radius 1 is 1.18 bits per heavy atom. The fourth-order valence-electron chi connectivity index (χ4n) is 2.39. The number of nitrogens with one attached hydrogen (secondary N) is 1. The minimum atomic E-state index is -0.953. The molecule has 3 aromatic rings. The number of ether oxygens (including phenoxy) is 2. The molecule has 1 heterocycles. The van der Waals surface area contributed by atoms with E-state index in [-0.39, 0.29) is 11.6 Å². The first kappa shape index (κ1) is 19.3. The number of hydrogen-bond donors (Lipinski definition) is 1. The Labute approximate surface area is 161 Å². The van der Waals surface area contributed by atoms with Crippen molar-refractivity contribution in [2.45, 2.75) is 26.4 Å². The molecule has 0 spiro atoms. The standard InChI is InChI=1S/C20H20FN3O4/c1-3-12-26-15-10-8-14(9-11-15)18-19(24-28-23-18)22-20(25)13(2)27-17-7-5-4-6-16(17)21/h4-11,13H,3,12H2,1-2H3,(H,22,24,25)/t13-/m1/s1. The highest BCUT2D eigenvalue weighted by Crippen LogP contribution is 2.26. The molecule has 7 nitrogen and oxygen atoms in total. The molecule has 3 rings (SSSR count). The van der Waals surface area contributed by atoms with Crippen LogP contribution in [0.15, 0.2) is 53.2 Å². The number of anilines is 1. The largest absolute Gasteiger partial charge is 0.494 e. The highest BCUT2D eigenvalue weighted by molar-refractivity contribution is 5.95. The predicted molar refractivity (Wildman–Crippen MR) is 101 cm³/mol. The van der Waals surface area contributed by atoms with Crippen LogP contribution in [0.2, 0.25) is 0 Å². The number of aromatic nitrogens is 2. The number of carbonyl (C=O) groups excluding carboxylic acids is 1. The van der Waals surface area contributed by atoms with Gasteiger partial charge in [0.15, 0.2) is 23.4 Å². The zero-order valence-electron chi connectivity index (χ0n) is 15.5. The molecule has 8 heteroatoms. The Balaban J connectivity index is 1.68. The first-order chi connectivity index (χ1) is 13.6. The van der Waals surface area contributed by atoms with Gasteiger partial charge >= 0.3 is 0 Å². The lowest BCUT2D eigenvalue weighted by atomic mass is 10.1. The molecule has 0 aliphatic heterocycles. The molecule has 0 unspecified atom stereocenters. The zero-order chi connectivity index (χ0) is 19.9. The fraction of sp³-hybridized carbons (Fsp3) is 0.250. The van der Waals surface area contributed by atoms with E-state index in [1.54, 1.807) is 36.4 Å². The van der Waals surface area contributed by atoms with Crippen molar-refractivity contribution in [2.75, 3.05) is 11.9 Å². The lowest BCUT2D eigenvalue weighted by Crippen LogP contribution is -2.30. The molecule has 0 radical (unpaired) electrons. The van der Waals surface area contributed by atoms with E-state index in [1.807, 2.05) is 6.92 Å². The van der Waals surface area contributed by atoms with E-state index in [9.17, 15) is 9.18 Å². The highest BCUT2D eigenvalue weighted by atomic mass is 19.1. The summed E-state index contributed by atoms with van der Waals surface area (Å²) in [5.41, 5.74) is 1.07. The topological polar surface area (TPSA) is 86.5 Å². The molecule has 1 N–H and O–H groups in total. The van der Waals surface area contributed by atoms with Crippen LogP contribution in [0.3, 0.4) is 0 Å². The van der Waals surface area contributed by atoms with Gasteiger partial charge in [-0.15, -0.1) is 0 Å². The Kier molecular flexibility index (Phi) is 6.21. The predicted octanol–water partition coefficient (Wildman–Crippen LogP) is 4.07. The summed E-state index contributed by atoms with van der Waals surface area (Å²) in [6, 6.07) is 13.1. The second-order valence-corrected chi connectivity index (χ2v) is 6.01. The monoisotopic (exact) mass is 385 g/mol. The normalized spacial score (nSPS) is 11.7. The SMILES string of the molecule is CCCOc1ccc(-c2nonc2NC(=O)[C@@H](C)Oc2ccccc2F)cc1. The molecule has 0 aliphatic rings. The van der Waals surface area contributed by atoms with Gasteiger partial charge < -0.3 is 14.8 Å². The maximum absolute atomic E-state index is 13.7. The summed E-state index contributed by atoms with van der Waals surface area (Å²) in [4.78, 5) is 12.4. The van der Waals surface area contributed by atoms with E-state index in [2.05, 4.69) is 15.6 Å². The lowest BCUT2D eigenvalue weighted by Gasteiger charge is -2.14. The summed E-state index contributed by atoms with van der Waals surface area (Å²) in [5, 5.41) is 10.2. The minimum absolute atomic E-state index is 0.00804. The van der Waals surface area contributed by atoms with E-state index in [0.717, 1.165) is 12.2 Å². The Bertz CT molecular complexity index is 927. The number of halogens is 1. The van der Waals surface area contributed by atoms with Crippen molar-refractivity contribution in [3.63, 3.8) is 0 Å². The average molecular weight is 385 g/mol. The van der Waals surface area contributed by atoms with Crippen LogP contribution in [-0.2, 0) is 4.79 Å². The third-order valence-electron chi connectivity index (χ3n) is 3.84. The van der Waals surface area contributed by atoms with Crippen LogP contribution in [0.1, 0.15) is 20.3 Å². The summed E-state index contributed by atoms with van der Waals surface area (Å²) in [6.45, 7) is 4.17. The first-order valence-electron chi connectivity index (χ1n) is 8.86. The van der Waals surface area contributed by atoms with Crippen LogP contribution in [0, 0.1) is 5.82 Å². The van der Waals surface area contributed by atoms with Gasteiger partial charge in [-0.05, 0) is 60.1 Å². The van der Waals surface area contributed by atoms with Gasteiger partial charge in [-0.3, -0.25) is 4.79 Å². The molecule has 28 heavy (non-hydrogen) atoms. The van der Waals surface area contributed by atoms with Crippen LogP contribution < -0.4 is 14.8 Å². The Morgan fingerprint density at radius 3 is 2.64 bits per heavy atom. The number of benzene rings is 2. The maximum atomic E-state index is 13.7. The van der Waals surface area contributed by atoms with E-state index in [4.69, 9.17) is 14.1 Å². The van der Waals surface area contributed by atoms with Crippen molar-refractivity contribution in [2.24, 2.45) is 0 Å². The van der Waals surface area contributed by atoms with E-state index in [0.29, 0.717) is 17.9 Å². The molecule has 1 aromatic heterocycles. The van der Waals surface area contributed by atoms with Crippen LogP contribution in [-0.4, -0.2) is 28.9 Å². The van der Waals surface area contributed by atoms with Crippen molar-refractivity contribution in [1.29, 1.82) is 0 Å². The second-order valence-electron chi connectivity index (χ2n) is 6.01. The van der Waals surface area contributed by atoms with Crippen LogP contribution in [0.25, 0.3) is 11.3 Å². The van der Waals surface area contributed by atoms with Crippen molar-refractivity contribution in [3.8, 4) is 22.8 Å². The van der Waals surface area contributed by atoms with Gasteiger partial charge in [0.1, 0.15) is 5.75 Å². The second kappa shape index (κ2) is 8.98. The van der Waals surface area contributed by atoms with Gasteiger partial charge in [0.2, 0.25) is 5.82 Å². The number of rotatable bonds is 8. The zero-order valence-corrected chi connectivity index (χ0v) is 15.5. The summed E-state index contributed by atoms with van der Waals surface area (Å²) >= 11 is 0. The number of para-hydroxylation sites is 1. The van der Waals surface area contributed by atoms with Crippen molar-refractivity contribution in [1.82, 2.24) is 10.3 Å². The minimum Gasteiger partial charge on any atom is -0.494 e. The molecular formula is C20H20FN3O4. The van der Waals surface area contributed by atoms with Crippen molar-refractivity contribution < 1.29 is 23.3 Å². The van der Waals surface area contributed by atoms with E-state index >= 15 is 0 Å². The highest BCUT2D eigenvalue weighted by Gasteiger charge is 2.21. The average Bonchev–Trinajstić information content (AvgIpc) is 3.16. The smallest absolute Gasteiger partial charge is 0.266 e. The molecule has 1 atom stereocenters. The van der Waals surface area contributed by atoms with Crippen molar-refractivity contribution in [3.05, 3.63) is 54.3 Å². The van der Waals surface area contributed by atoms with Gasteiger partial charge in [0, 0.05) is 5.56 Å². The molecule has 2 aromatic carbocycles. The van der Waals surface area contributed by atoms with Crippen LogP contribution >= 0.6 is 0 Å². The molecule has 0 fully saturated rings. The third kappa shape index (κ3) is 4.64. The summed E-state index contributed by atoms with van der Waals surface area (Å²) in [7, 11) is 0. The number of hydrogen-bond acceptors (Lipinski definition) is 6. The summed E-state index contributed by atoms with van der Waals surface area (Å²) in [5.74, 6) is -0.179. The third-order valence-corrected chi connectivity index (χ3v) is 3.84. The lowest BCUT2D eigenvalue weighted by molar-refractivity contribution is -0.122. The molecule has 146 valence electrons. The molecule has 0 aliphatic carbocycles. The quantitative estimate of drug-likeness (QED) is 0.629. The fourth-order valence-corrected chi connectivity index (χ4v) is 2.39. The molecule has 0 saturated carbocycles. The first-order valence-corrected chi connectivity index (χ1v) is 8.86. The molecule has 1 amide bonds.